The first-order chi connectivity index (χ1) is 9.76. The predicted molar refractivity (Wildman–Crippen MR) is 78.5 cm³/mol. The lowest BCUT2D eigenvalue weighted by Gasteiger charge is -2.10. The number of carbonyl (C=O) groups is 1. The molecule has 6 heteroatoms. The monoisotopic (exact) mass is 306 g/mol. The molecule has 2 N–H and O–H groups in total. The molecule has 0 radical (unpaired) electrons. The molecule has 0 fully saturated rings. The third-order valence-corrected chi connectivity index (χ3v) is 3.37. The van der Waals surface area contributed by atoms with E-state index in [-0.39, 0.29) is 11.5 Å². The molecule has 0 aliphatic heterocycles. The summed E-state index contributed by atoms with van der Waals surface area (Å²) in [5, 5.41) is 0. The van der Waals surface area contributed by atoms with Crippen molar-refractivity contribution in [2.75, 3.05) is 0 Å². The van der Waals surface area contributed by atoms with Crippen LogP contribution in [0.3, 0.4) is 0 Å². The minimum Gasteiger partial charge on any atom is -0.404 e. The van der Waals surface area contributed by atoms with Crippen molar-refractivity contribution in [1.29, 1.82) is 0 Å². The second-order valence-electron chi connectivity index (χ2n) is 4.76. The van der Waals surface area contributed by atoms with Crippen molar-refractivity contribution >= 4 is 13.6 Å². The van der Waals surface area contributed by atoms with E-state index in [0.29, 0.717) is 16.7 Å². The maximum Gasteiger partial charge on any atom is 0.524 e. The molecule has 0 unspecified atom stereocenters. The maximum atomic E-state index is 12.4. The van der Waals surface area contributed by atoms with Crippen LogP contribution in [0.2, 0.25) is 0 Å². The first-order valence-electron chi connectivity index (χ1n) is 6.23. The van der Waals surface area contributed by atoms with Crippen LogP contribution in [0.5, 0.6) is 5.75 Å². The maximum absolute atomic E-state index is 12.4. The molecule has 0 spiro atoms. The van der Waals surface area contributed by atoms with Crippen LogP contribution in [0.15, 0.2) is 42.5 Å². The first-order valence-corrected chi connectivity index (χ1v) is 7.76. The van der Waals surface area contributed by atoms with E-state index in [2.05, 4.69) is 4.52 Å². The van der Waals surface area contributed by atoms with Crippen molar-refractivity contribution in [2.24, 2.45) is 0 Å². The molecule has 0 bridgehead atoms. The van der Waals surface area contributed by atoms with Crippen molar-refractivity contribution in [1.82, 2.24) is 0 Å². The van der Waals surface area contributed by atoms with E-state index >= 15 is 0 Å². The highest BCUT2D eigenvalue weighted by Crippen LogP contribution is 2.39. The Morgan fingerprint density at radius 1 is 1.05 bits per heavy atom. The van der Waals surface area contributed by atoms with E-state index in [4.69, 9.17) is 9.79 Å². The predicted octanol–water partition coefficient (Wildman–Crippen LogP) is 3.01. The fourth-order valence-corrected chi connectivity index (χ4v) is 2.44. The molecule has 0 saturated heterocycles. The lowest BCUT2D eigenvalue weighted by molar-refractivity contribution is 0.103. The van der Waals surface area contributed by atoms with E-state index in [1.54, 1.807) is 31.2 Å². The second kappa shape index (κ2) is 5.82. The summed E-state index contributed by atoms with van der Waals surface area (Å²) < 4.78 is 15.4. The highest BCUT2D eigenvalue weighted by atomic mass is 31.2. The molecule has 0 amide bonds. The van der Waals surface area contributed by atoms with Gasteiger partial charge in [-0.3, -0.25) is 14.6 Å². The third-order valence-electron chi connectivity index (χ3n) is 2.93. The number of hydrogen-bond acceptors (Lipinski definition) is 3. The van der Waals surface area contributed by atoms with Crippen LogP contribution >= 0.6 is 7.82 Å². The SMILES string of the molecule is Cc1cccc(C(=O)c2ccc(OP(=O)(O)O)c(C)c2)c1. The minimum absolute atomic E-state index is 0.0594. The van der Waals surface area contributed by atoms with Crippen LogP contribution in [0, 0.1) is 13.8 Å². The van der Waals surface area contributed by atoms with Gasteiger partial charge in [0.05, 0.1) is 0 Å². The van der Waals surface area contributed by atoms with Crippen LogP contribution in [0.4, 0.5) is 0 Å². The number of rotatable bonds is 4. The molecule has 0 aliphatic carbocycles. The van der Waals surface area contributed by atoms with Gasteiger partial charge < -0.3 is 4.52 Å². The number of carbonyl (C=O) groups excluding carboxylic acids is 1. The Kier molecular flexibility index (Phi) is 4.28. The van der Waals surface area contributed by atoms with Crippen molar-refractivity contribution in [3.05, 3.63) is 64.7 Å². The van der Waals surface area contributed by atoms with Crippen molar-refractivity contribution in [3.8, 4) is 5.75 Å². The fraction of sp³-hybridized carbons (Fsp3) is 0.133. The number of ketones is 1. The van der Waals surface area contributed by atoms with Gasteiger partial charge >= 0.3 is 7.82 Å². The summed E-state index contributed by atoms with van der Waals surface area (Å²) in [6.45, 7) is 3.52. The Balaban J connectivity index is 2.32. The highest BCUT2D eigenvalue weighted by molar-refractivity contribution is 7.46. The van der Waals surface area contributed by atoms with E-state index < -0.39 is 7.82 Å². The molecule has 110 valence electrons. The Morgan fingerprint density at radius 3 is 2.29 bits per heavy atom. The minimum atomic E-state index is -4.60. The van der Waals surface area contributed by atoms with Gasteiger partial charge in [-0.25, -0.2) is 4.57 Å². The van der Waals surface area contributed by atoms with Crippen LogP contribution in [0.1, 0.15) is 27.0 Å². The van der Waals surface area contributed by atoms with Gasteiger partial charge in [0.25, 0.3) is 0 Å². The zero-order chi connectivity index (χ0) is 15.6. The third kappa shape index (κ3) is 4.02. The zero-order valence-electron chi connectivity index (χ0n) is 11.6. The van der Waals surface area contributed by atoms with E-state index in [1.807, 2.05) is 13.0 Å². The summed E-state index contributed by atoms with van der Waals surface area (Å²) in [7, 11) is -4.60. The van der Waals surface area contributed by atoms with Gasteiger partial charge in [0.15, 0.2) is 5.78 Å². The van der Waals surface area contributed by atoms with Crippen LogP contribution in [-0.2, 0) is 4.57 Å². The molecular weight excluding hydrogens is 291 g/mol. The molecule has 0 saturated carbocycles. The van der Waals surface area contributed by atoms with Gasteiger partial charge in [-0.2, -0.15) is 0 Å². The lowest BCUT2D eigenvalue weighted by Crippen LogP contribution is -2.02. The molecule has 21 heavy (non-hydrogen) atoms. The molecule has 2 aromatic carbocycles. The summed E-state index contributed by atoms with van der Waals surface area (Å²) in [4.78, 5) is 30.0. The van der Waals surface area contributed by atoms with Crippen molar-refractivity contribution < 1.29 is 23.7 Å². The number of hydrogen-bond donors (Lipinski definition) is 2. The smallest absolute Gasteiger partial charge is 0.404 e. The molecular formula is C15H15O5P. The van der Waals surface area contributed by atoms with Gasteiger partial charge in [-0.05, 0) is 43.7 Å². The second-order valence-corrected chi connectivity index (χ2v) is 5.92. The fourth-order valence-electron chi connectivity index (χ4n) is 1.97. The van der Waals surface area contributed by atoms with Gasteiger partial charge in [-0.1, -0.05) is 23.8 Å². The first kappa shape index (κ1) is 15.4. The van der Waals surface area contributed by atoms with E-state index in [0.717, 1.165) is 5.56 Å². The van der Waals surface area contributed by atoms with Gasteiger partial charge in [-0.15, -0.1) is 0 Å². The molecule has 2 aromatic rings. The van der Waals surface area contributed by atoms with Crippen molar-refractivity contribution in [2.45, 2.75) is 13.8 Å². The molecule has 5 nitrogen and oxygen atoms in total. The Labute approximate surface area is 122 Å². The summed E-state index contributed by atoms with van der Waals surface area (Å²) in [6.07, 6.45) is 0. The lowest BCUT2D eigenvalue weighted by atomic mass is 10.00. The summed E-state index contributed by atoms with van der Waals surface area (Å²) >= 11 is 0. The number of benzene rings is 2. The normalized spacial score (nSPS) is 11.2. The van der Waals surface area contributed by atoms with E-state index in [9.17, 15) is 9.36 Å². The Morgan fingerprint density at radius 2 is 1.71 bits per heavy atom. The van der Waals surface area contributed by atoms with Gasteiger partial charge in [0, 0.05) is 11.1 Å². The largest absolute Gasteiger partial charge is 0.524 e. The Hall–Kier alpha value is -1.94. The Bertz CT molecular complexity index is 733. The molecule has 0 aromatic heterocycles. The molecule has 0 aliphatic rings. The quantitative estimate of drug-likeness (QED) is 0.670. The zero-order valence-corrected chi connectivity index (χ0v) is 12.5. The summed E-state index contributed by atoms with van der Waals surface area (Å²) in [5.41, 5.74) is 2.48. The van der Waals surface area contributed by atoms with Crippen LogP contribution in [0.25, 0.3) is 0 Å². The number of phosphoric acid groups is 1. The highest BCUT2D eigenvalue weighted by Gasteiger charge is 2.18. The molecule has 2 rings (SSSR count). The standard InChI is InChI=1S/C15H15O5P/c1-10-4-3-5-12(8-10)15(16)13-6-7-14(11(2)9-13)20-21(17,18)19/h3-9H,1-2H3,(H2,17,18,19). The van der Waals surface area contributed by atoms with E-state index in [1.165, 1.54) is 12.1 Å². The average molecular weight is 306 g/mol. The topological polar surface area (TPSA) is 83.8 Å². The van der Waals surface area contributed by atoms with Gasteiger partial charge in [0.1, 0.15) is 5.75 Å². The average Bonchev–Trinajstić information content (AvgIpc) is 2.39. The summed E-state index contributed by atoms with van der Waals surface area (Å²) in [6, 6.07) is 11.7. The van der Waals surface area contributed by atoms with Gasteiger partial charge in [0.2, 0.25) is 0 Å². The molecule has 0 heterocycles. The number of phosphoric ester groups is 1. The van der Waals surface area contributed by atoms with Crippen LogP contribution in [-0.4, -0.2) is 15.6 Å². The van der Waals surface area contributed by atoms with Crippen LogP contribution < -0.4 is 4.52 Å². The summed E-state index contributed by atoms with van der Waals surface area (Å²) in [5.74, 6) is -0.0892. The van der Waals surface area contributed by atoms with Crippen molar-refractivity contribution in [3.63, 3.8) is 0 Å². The molecule has 0 atom stereocenters. The number of aryl methyl sites for hydroxylation is 2.